The molecule has 1 aliphatic heterocycles. The molecule has 2 aromatic heterocycles. The second-order valence-electron chi connectivity index (χ2n) is 8.15. The number of benzene rings is 2. The van der Waals surface area contributed by atoms with Crippen LogP contribution in [0.4, 0.5) is 4.39 Å². The molecule has 1 unspecified atom stereocenters. The van der Waals surface area contributed by atoms with Crippen molar-refractivity contribution in [2.45, 2.75) is 26.4 Å². The predicted molar refractivity (Wildman–Crippen MR) is 120 cm³/mol. The summed E-state index contributed by atoms with van der Waals surface area (Å²) in [5.41, 5.74) is 5.00. The summed E-state index contributed by atoms with van der Waals surface area (Å²) in [5.74, 6) is -0.0225. The van der Waals surface area contributed by atoms with Crippen molar-refractivity contribution in [3.63, 3.8) is 0 Å². The molecule has 4 aromatic rings. The molecule has 0 aliphatic carbocycles. The molecule has 0 spiro atoms. The van der Waals surface area contributed by atoms with Gasteiger partial charge in [-0.3, -0.25) is 9.78 Å². The van der Waals surface area contributed by atoms with E-state index in [1.54, 1.807) is 12.3 Å². The fraction of sp³-hybridized carbons (Fsp3) is 0.240. The minimum Gasteiger partial charge on any atom is -0.487 e. The van der Waals surface area contributed by atoms with Crippen LogP contribution in [-0.2, 0) is 13.5 Å². The Bertz CT molecular complexity index is 1360. The number of carbonyl (C=O) groups excluding carboxylic acids is 1. The Morgan fingerprint density at radius 3 is 2.88 bits per heavy atom. The molecular formula is C25H23FN4O2. The fourth-order valence-corrected chi connectivity index (χ4v) is 4.26. The number of nitrogens with zero attached hydrogens (tertiary/aromatic N) is 3. The molecule has 3 heterocycles. The molecule has 0 fully saturated rings. The summed E-state index contributed by atoms with van der Waals surface area (Å²) in [4.78, 5) is 21.8. The minimum absolute atomic E-state index is 0.190. The maximum atomic E-state index is 14.6. The number of nitrogens with one attached hydrogen (secondary N) is 1. The lowest BCUT2D eigenvalue weighted by molar-refractivity contribution is 0.0926. The van der Waals surface area contributed by atoms with Crippen LogP contribution < -0.4 is 10.1 Å². The number of aryl methyl sites for hydroxylation is 3. The number of rotatable bonds is 4. The van der Waals surface area contributed by atoms with E-state index in [0.29, 0.717) is 29.1 Å². The van der Waals surface area contributed by atoms with Crippen molar-refractivity contribution < 1.29 is 13.9 Å². The maximum absolute atomic E-state index is 14.6. The van der Waals surface area contributed by atoms with Crippen LogP contribution >= 0.6 is 0 Å². The molecular weight excluding hydrogens is 407 g/mol. The van der Waals surface area contributed by atoms with E-state index >= 15 is 0 Å². The van der Waals surface area contributed by atoms with Crippen LogP contribution in [0.1, 0.15) is 27.4 Å². The van der Waals surface area contributed by atoms with E-state index in [9.17, 15) is 9.18 Å². The number of para-hydroxylation sites is 1. The first-order chi connectivity index (χ1) is 15.4. The lowest BCUT2D eigenvalue weighted by Crippen LogP contribution is -2.35. The van der Waals surface area contributed by atoms with Crippen molar-refractivity contribution in [3.8, 4) is 17.0 Å². The van der Waals surface area contributed by atoms with E-state index in [1.165, 1.54) is 6.07 Å². The van der Waals surface area contributed by atoms with Crippen LogP contribution in [0.3, 0.4) is 0 Å². The number of carbonyl (C=O) groups is 1. The Kier molecular flexibility index (Phi) is 4.89. The van der Waals surface area contributed by atoms with Crippen molar-refractivity contribution in [2.75, 3.05) is 6.54 Å². The number of amides is 1. The fourth-order valence-electron chi connectivity index (χ4n) is 4.26. The standard InChI is InChI=1S/C25H23FN4O2/c1-14-12-27-15(2)23(29-14)18-8-9-20(26)19-11-17(32-24(18)19)13-28-25(31)22-10-16-6-4-5-7-21(16)30(22)3/h4-10,12,17H,11,13H2,1-3H3,(H,28,31). The third kappa shape index (κ3) is 3.39. The van der Waals surface area contributed by atoms with Crippen LogP contribution in [0, 0.1) is 19.7 Å². The van der Waals surface area contributed by atoms with Crippen molar-refractivity contribution in [1.82, 2.24) is 19.9 Å². The molecule has 1 amide bonds. The van der Waals surface area contributed by atoms with Crippen LogP contribution in [0.2, 0.25) is 0 Å². The Morgan fingerprint density at radius 1 is 1.25 bits per heavy atom. The van der Waals surface area contributed by atoms with Crippen LogP contribution in [-0.4, -0.2) is 33.1 Å². The normalized spacial score (nSPS) is 14.9. The second-order valence-corrected chi connectivity index (χ2v) is 8.15. The first-order valence-corrected chi connectivity index (χ1v) is 10.5. The van der Waals surface area contributed by atoms with Crippen molar-refractivity contribution >= 4 is 16.8 Å². The average molecular weight is 430 g/mol. The summed E-state index contributed by atoms with van der Waals surface area (Å²) in [5, 5.41) is 3.95. The van der Waals surface area contributed by atoms with Crippen molar-refractivity contribution in [3.05, 3.63) is 77.1 Å². The van der Waals surface area contributed by atoms with Gasteiger partial charge in [0, 0.05) is 41.7 Å². The molecule has 1 atom stereocenters. The molecule has 0 saturated heterocycles. The van der Waals surface area contributed by atoms with E-state index in [0.717, 1.165) is 27.9 Å². The van der Waals surface area contributed by atoms with Gasteiger partial charge in [0.1, 0.15) is 23.4 Å². The Morgan fingerprint density at radius 2 is 2.06 bits per heavy atom. The minimum atomic E-state index is -0.364. The third-order valence-electron chi connectivity index (χ3n) is 5.93. The zero-order chi connectivity index (χ0) is 22.4. The van der Waals surface area contributed by atoms with E-state index in [1.807, 2.05) is 55.8 Å². The van der Waals surface area contributed by atoms with Crippen molar-refractivity contribution in [1.29, 1.82) is 0 Å². The zero-order valence-electron chi connectivity index (χ0n) is 18.1. The van der Waals surface area contributed by atoms with Gasteiger partial charge < -0.3 is 14.6 Å². The van der Waals surface area contributed by atoms with Crippen molar-refractivity contribution in [2.24, 2.45) is 7.05 Å². The third-order valence-corrected chi connectivity index (χ3v) is 5.93. The highest BCUT2D eigenvalue weighted by atomic mass is 19.1. The van der Waals surface area contributed by atoms with E-state index in [-0.39, 0.29) is 24.4 Å². The van der Waals surface area contributed by atoms with E-state index < -0.39 is 0 Å². The highest BCUT2D eigenvalue weighted by molar-refractivity contribution is 5.98. The highest BCUT2D eigenvalue weighted by Crippen LogP contribution is 2.40. The first-order valence-electron chi connectivity index (χ1n) is 10.5. The molecule has 32 heavy (non-hydrogen) atoms. The van der Waals surface area contributed by atoms with Crippen LogP contribution in [0.25, 0.3) is 22.2 Å². The lowest BCUT2D eigenvalue weighted by atomic mass is 10.0. The molecule has 162 valence electrons. The summed E-state index contributed by atoms with van der Waals surface area (Å²) in [6.45, 7) is 4.01. The molecule has 6 nitrogen and oxygen atoms in total. The number of hydrogen-bond donors (Lipinski definition) is 1. The number of halogens is 1. The van der Waals surface area contributed by atoms with Gasteiger partial charge in [-0.2, -0.15) is 0 Å². The zero-order valence-corrected chi connectivity index (χ0v) is 18.1. The van der Waals surface area contributed by atoms with E-state index in [2.05, 4.69) is 15.3 Å². The van der Waals surface area contributed by atoms with Crippen LogP contribution in [0.15, 0.2) is 48.7 Å². The monoisotopic (exact) mass is 430 g/mol. The number of fused-ring (bicyclic) bond motifs is 2. The summed E-state index contributed by atoms with van der Waals surface area (Å²) in [6, 6.07) is 12.8. The molecule has 0 bridgehead atoms. The largest absolute Gasteiger partial charge is 0.487 e. The van der Waals surface area contributed by atoms with Gasteiger partial charge in [0.25, 0.3) is 5.91 Å². The van der Waals surface area contributed by atoms with Gasteiger partial charge in [0.2, 0.25) is 0 Å². The van der Waals surface area contributed by atoms with Gasteiger partial charge in [-0.05, 0) is 38.1 Å². The molecule has 5 rings (SSSR count). The summed E-state index contributed by atoms with van der Waals surface area (Å²) in [6.07, 6.45) is 1.72. The Hall–Kier alpha value is -3.74. The molecule has 0 saturated carbocycles. The quantitative estimate of drug-likeness (QED) is 0.529. The molecule has 2 aromatic carbocycles. The maximum Gasteiger partial charge on any atom is 0.268 e. The van der Waals surface area contributed by atoms with Crippen LogP contribution in [0.5, 0.6) is 5.75 Å². The molecule has 1 N–H and O–H groups in total. The highest BCUT2D eigenvalue weighted by Gasteiger charge is 2.30. The SMILES string of the molecule is Cc1cnc(C)c(-c2ccc(F)c3c2OC(CNC(=O)c2cc4ccccc4n2C)C3)n1. The number of ether oxygens (including phenoxy) is 1. The van der Waals surface area contributed by atoms with Gasteiger partial charge in [-0.15, -0.1) is 0 Å². The van der Waals surface area contributed by atoms with Gasteiger partial charge in [0.05, 0.1) is 23.6 Å². The summed E-state index contributed by atoms with van der Waals surface area (Å²) < 4.78 is 22.5. The first kappa shape index (κ1) is 20.2. The van der Waals surface area contributed by atoms with Gasteiger partial charge in [-0.25, -0.2) is 9.37 Å². The molecule has 7 heteroatoms. The Labute approximate surface area is 185 Å². The lowest BCUT2D eigenvalue weighted by Gasteiger charge is -2.14. The predicted octanol–water partition coefficient (Wildman–Crippen LogP) is 4.12. The van der Waals surface area contributed by atoms with E-state index in [4.69, 9.17) is 4.74 Å². The van der Waals surface area contributed by atoms with Gasteiger partial charge >= 0.3 is 0 Å². The summed E-state index contributed by atoms with van der Waals surface area (Å²) >= 11 is 0. The number of aromatic nitrogens is 3. The second kappa shape index (κ2) is 7.75. The average Bonchev–Trinajstić information content (AvgIpc) is 3.37. The molecule has 1 aliphatic rings. The van der Waals surface area contributed by atoms with Gasteiger partial charge in [-0.1, -0.05) is 18.2 Å². The topological polar surface area (TPSA) is 69.0 Å². The number of hydrogen-bond acceptors (Lipinski definition) is 4. The smallest absolute Gasteiger partial charge is 0.268 e. The Balaban J connectivity index is 1.36. The summed E-state index contributed by atoms with van der Waals surface area (Å²) in [7, 11) is 1.87. The van der Waals surface area contributed by atoms with Gasteiger partial charge in [0.15, 0.2) is 0 Å². The molecule has 0 radical (unpaired) electrons.